The normalized spacial score (nSPS) is 12.1. The van der Waals surface area contributed by atoms with Gasteiger partial charge in [0.05, 0.1) is 34.6 Å². The van der Waals surface area contributed by atoms with Crippen LogP contribution in [0.25, 0.3) is 10.9 Å². The molecule has 0 aliphatic heterocycles. The van der Waals surface area contributed by atoms with Crippen molar-refractivity contribution >= 4 is 28.2 Å². The quantitative estimate of drug-likeness (QED) is 0.398. The molecule has 0 atom stereocenters. The van der Waals surface area contributed by atoms with Crippen LogP contribution in [0.1, 0.15) is 28.4 Å². The Hall–Kier alpha value is -3.30. The van der Waals surface area contributed by atoms with Crippen molar-refractivity contribution in [2.45, 2.75) is 19.3 Å². The molecule has 0 aliphatic carbocycles. The number of pyridine rings is 1. The van der Waals surface area contributed by atoms with Gasteiger partial charge in [-0.2, -0.15) is 26.3 Å². The third kappa shape index (κ3) is 4.32. The van der Waals surface area contributed by atoms with Gasteiger partial charge in [0.15, 0.2) is 0 Å². The molecule has 0 radical (unpaired) electrons. The predicted molar refractivity (Wildman–Crippen MR) is 97.4 cm³/mol. The highest BCUT2D eigenvalue weighted by Crippen LogP contribution is 2.39. The van der Waals surface area contributed by atoms with E-state index in [4.69, 9.17) is 4.74 Å². The third-order valence-corrected chi connectivity index (χ3v) is 4.18. The number of para-hydroxylation sites is 1. The summed E-state index contributed by atoms with van der Waals surface area (Å²) in [5, 5.41) is 2.31. The lowest BCUT2D eigenvalue weighted by Gasteiger charge is -2.18. The second-order valence-corrected chi connectivity index (χ2v) is 6.17. The van der Waals surface area contributed by atoms with Gasteiger partial charge in [0.25, 0.3) is 0 Å². The summed E-state index contributed by atoms with van der Waals surface area (Å²) in [5.41, 5.74) is -3.01. The SMILES string of the molecule is CCOC(=O)c1cnc2ccc(C(F)(F)F)cc2c1Nc1ccccc1C(F)(F)F. The van der Waals surface area contributed by atoms with Crippen molar-refractivity contribution in [3.63, 3.8) is 0 Å². The fourth-order valence-electron chi connectivity index (χ4n) is 2.84. The van der Waals surface area contributed by atoms with E-state index in [0.717, 1.165) is 36.5 Å². The molecule has 0 fully saturated rings. The summed E-state index contributed by atoms with van der Waals surface area (Å²) in [6.45, 7) is 1.47. The Morgan fingerprint density at radius 1 is 1.03 bits per heavy atom. The summed E-state index contributed by atoms with van der Waals surface area (Å²) < 4.78 is 84.6. The van der Waals surface area contributed by atoms with Crippen LogP contribution in [-0.4, -0.2) is 17.6 Å². The molecule has 3 rings (SSSR count). The Bertz CT molecular complexity index is 1090. The van der Waals surface area contributed by atoms with E-state index in [2.05, 4.69) is 10.3 Å². The molecule has 4 nitrogen and oxygen atoms in total. The molecule has 0 saturated carbocycles. The smallest absolute Gasteiger partial charge is 0.418 e. The van der Waals surface area contributed by atoms with Gasteiger partial charge >= 0.3 is 18.3 Å². The third-order valence-electron chi connectivity index (χ3n) is 4.18. The lowest BCUT2D eigenvalue weighted by atomic mass is 10.0. The summed E-state index contributed by atoms with van der Waals surface area (Å²) in [6, 6.07) is 7.03. The summed E-state index contributed by atoms with van der Waals surface area (Å²) in [6.07, 6.45) is -8.38. The van der Waals surface area contributed by atoms with Crippen LogP contribution in [0.4, 0.5) is 37.7 Å². The zero-order valence-corrected chi connectivity index (χ0v) is 15.4. The monoisotopic (exact) mass is 428 g/mol. The molecule has 30 heavy (non-hydrogen) atoms. The summed E-state index contributed by atoms with van der Waals surface area (Å²) in [7, 11) is 0. The van der Waals surface area contributed by atoms with Gasteiger partial charge in [0.2, 0.25) is 0 Å². The number of nitrogens with zero attached hydrogens (tertiary/aromatic N) is 1. The van der Waals surface area contributed by atoms with Gasteiger partial charge in [-0.05, 0) is 37.3 Å². The average molecular weight is 428 g/mol. The van der Waals surface area contributed by atoms with Crippen molar-refractivity contribution in [3.8, 4) is 0 Å². The van der Waals surface area contributed by atoms with Gasteiger partial charge in [-0.25, -0.2) is 4.79 Å². The van der Waals surface area contributed by atoms with Crippen LogP contribution in [0.3, 0.4) is 0 Å². The number of benzene rings is 2. The fourth-order valence-corrected chi connectivity index (χ4v) is 2.84. The van der Waals surface area contributed by atoms with Crippen molar-refractivity contribution in [3.05, 3.63) is 65.4 Å². The molecule has 0 saturated heterocycles. The number of ether oxygens (including phenoxy) is 1. The second-order valence-electron chi connectivity index (χ2n) is 6.17. The number of aromatic nitrogens is 1. The van der Waals surface area contributed by atoms with Gasteiger partial charge in [0, 0.05) is 11.6 Å². The zero-order chi connectivity index (χ0) is 22.1. The molecule has 3 aromatic rings. The molecule has 0 bridgehead atoms. The Labute approximate surface area is 166 Å². The van der Waals surface area contributed by atoms with Crippen molar-refractivity contribution in [2.24, 2.45) is 0 Å². The minimum atomic E-state index is -4.73. The van der Waals surface area contributed by atoms with Crippen molar-refractivity contribution in [1.82, 2.24) is 4.98 Å². The highest BCUT2D eigenvalue weighted by atomic mass is 19.4. The number of anilines is 2. The van der Waals surface area contributed by atoms with Gasteiger partial charge in [-0.15, -0.1) is 0 Å². The van der Waals surface area contributed by atoms with E-state index in [1.165, 1.54) is 19.1 Å². The molecule has 0 spiro atoms. The Morgan fingerprint density at radius 3 is 2.37 bits per heavy atom. The van der Waals surface area contributed by atoms with Gasteiger partial charge in [-0.1, -0.05) is 12.1 Å². The fraction of sp³-hybridized carbons (Fsp3) is 0.200. The van der Waals surface area contributed by atoms with Crippen LogP contribution in [0, 0.1) is 0 Å². The standard InChI is InChI=1S/C20H14F6N2O2/c1-2-30-18(29)13-10-27-15-8-7-11(19(21,22)23)9-12(15)17(13)28-16-6-4-3-5-14(16)20(24,25)26/h3-10H,2H2,1H3,(H,27,28). The molecule has 0 unspecified atom stereocenters. The molecule has 158 valence electrons. The van der Waals surface area contributed by atoms with Crippen LogP contribution < -0.4 is 5.32 Å². The zero-order valence-electron chi connectivity index (χ0n) is 15.4. The highest BCUT2D eigenvalue weighted by molar-refractivity contribution is 6.06. The number of carbonyl (C=O) groups is 1. The van der Waals surface area contributed by atoms with Crippen LogP contribution in [0.5, 0.6) is 0 Å². The van der Waals surface area contributed by atoms with E-state index in [1.807, 2.05) is 0 Å². The molecule has 10 heteroatoms. The lowest BCUT2D eigenvalue weighted by Crippen LogP contribution is -2.13. The maximum absolute atomic E-state index is 13.4. The van der Waals surface area contributed by atoms with Crippen LogP contribution in [-0.2, 0) is 17.1 Å². The summed E-state index contributed by atoms with van der Waals surface area (Å²) in [4.78, 5) is 16.3. The first-order valence-corrected chi connectivity index (χ1v) is 8.62. The highest BCUT2D eigenvalue weighted by Gasteiger charge is 2.34. The van der Waals surface area contributed by atoms with E-state index in [1.54, 1.807) is 0 Å². The number of fused-ring (bicyclic) bond motifs is 1. The first kappa shape index (κ1) is 21.4. The largest absolute Gasteiger partial charge is 0.462 e. The van der Waals surface area contributed by atoms with Gasteiger partial charge in [0.1, 0.15) is 5.56 Å². The number of alkyl halides is 6. The maximum atomic E-state index is 13.4. The first-order chi connectivity index (χ1) is 14.0. The number of hydrogen-bond donors (Lipinski definition) is 1. The van der Waals surface area contributed by atoms with E-state index in [9.17, 15) is 31.1 Å². The molecule has 1 heterocycles. The average Bonchev–Trinajstić information content (AvgIpc) is 2.67. The number of rotatable bonds is 4. The van der Waals surface area contributed by atoms with Crippen molar-refractivity contribution in [2.75, 3.05) is 11.9 Å². The second kappa shape index (κ2) is 7.85. The number of halogens is 6. The molecular weight excluding hydrogens is 414 g/mol. The Morgan fingerprint density at radius 2 is 1.73 bits per heavy atom. The molecule has 2 aromatic carbocycles. The summed E-state index contributed by atoms with van der Waals surface area (Å²) in [5.74, 6) is -0.934. The van der Waals surface area contributed by atoms with E-state index >= 15 is 0 Å². The summed E-state index contributed by atoms with van der Waals surface area (Å²) >= 11 is 0. The van der Waals surface area contributed by atoms with Crippen molar-refractivity contribution in [1.29, 1.82) is 0 Å². The number of nitrogens with one attached hydrogen (secondary N) is 1. The molecule has 0 amide bonds. The minimum absolute atomic E-state index is 0.0436. The van der Waals surface area contributed by atoms with E-state index in [-0.39, 0.29) is 28.8 Å². The van der Waals surface area contributed by atoms with Crippen molar-refractivity contribution < 1.29 is 35.9 Å². The molecule has 1 N–H and O–H groups in total. The van der Waals surface area contributed by atoms with E-state index < -0.39 is 35.1 Å². The topological polar surface area (TPSA) is 51.2 Å². The minimum Gasteiger partial charge on any atom is -0.462 e. The first-order valence-electron chi connectivity index (χ1n) is 8.62. The Balaban J connectivity index is 2.27. The van der Waals surface area contributed by atoms with Gasteiger partial charge < -0.3 is 10.1 Å². The maximum Gasteiger partial charge on any atom is 0.418 e. The molecule has 1 aromatic heterocycles. The predicted octanol–water partition coefficient (Wildman–Crippen LogP) is 6.19. The van der Waals surface area contributed by atoms with E-state index in [0.29, 0.717) is 0 Å². The van der Waals surface area contributed by atoms with Crippen LogP contribution in [0.2, 0.25) is 0 Å². The van der Waals surface area contributed by atoms with Crippen LogP contribution >= 0.6 is 0 Å². The Kier molecular flexibility index (Phi) is 5.60. The molecule has 0 aliphatic rings. The molecular formula is C20H14F6N2O2. The lowest BCUT2D eigenvalue weighted by molar-refractivity contribution is -0.138. The van der Waals surface area contributed by atoms with Gasteiger partial charge in [-0.3, -0.25) is 4.98 Å². The number of esters is 1. The number of hydrogen-bond acceptors (Lipinski definition) is 4. The van der Waals surface area contributed by atoms with Crippen LogP contribution in [0.15, 0.2) is 48.7 Å². The number of carbonyl (C=O) groups excluding carboxylic acids is 1.